The topological polar surface area (TPSA) is 95.9 Å². The number of aryl methyl sites for hydroxylation is 2. The van der Waals surface area contributed by atoms with Gasteiger partial charge >= 0.3 is 11.9 Å². The number of phenolic OH excluding ortho intramolecular Hbond substituents is 1. The average molecular weight is 413 g/mol. The number of carbonyl (C=O) groups excluding carboxylic acids is 2. The van der Waals surface area contributed by atoms with Crippen LogP contribution >= 0.6 is 0 Å². The summed E-state index contributed by atoms with van der Waals surface area (Å²) in [4.78, 5) is 23.5. The van der Waals surface area contributed by atoms with Crippen molar-refractivity contribution in [3.63, 3.8) is 0 Å². The summed E-state index contributed by atoms with van der Waals surface area (Å²) in [5, 5.41) is 21.3. The van der Waals surface area contributed by atoms with E-state index in [-0.39, 0.29) is 36.3 Å². The Balaban J connectivity index is 1.43. The van der Waals surface area contributed by atoms with Gasteiger partial charge in [-0.05, 0) is 50.2 Å². The van der Waals surface area contributed by atoms with Crippen LogP contribution in [0.3, 0.4) is 0 Å². The number of benzene rings is 2. The van der Waals surface area contributed by atoms with Gasteiger partial charge in [0.2, 0.25) is 0 Å². The highest BCUT2D eigenvalue weighted by Crippen LogP contribution is 2.17. The molecule has 0 aliphatic carbocycles. The van der Waals surface area contributed by atoms with Crippen LogP contribution in [0.4, 0.5) is 0 Å². The van der Waals surface area contributed by atoms with Crippen molar-refractivity contribution < 1.29 is 29.3 Å². The number of phenols is 1. The van der Waals surface area contributed by atoms with Crippen molar-refractivity contribution in [2.75, 3.05) is 13.2 Å². The van der Waals surface area contributed by atoms with Gasteiger partial charge in [0.15, 0.2) is 0 Å². The highest BCUT2D eigenvalue weighted by atomic mass is 16.5. The van der Waals surface area contributed by atoms with Crippen LogP contribution in [0, 0.1) is 0 Å². The molecule has 0 aromatic heterocycles. The lowest BCUT2D eigenvalue weighted by molar-refractivity contribution is -0.269. The molecule has 2 rings (SSSR count). The van der Waals surface area contributed by atoms with Crippen LogP contribution in [0.5, 0.6) is 11.5 Å². The van der Waals surface area contributed by atoms with Crippen molar-refractivity contribution in [1.29, 1.82) is 0 Å². The van der Waals surface area contributed by atoms with Gasteiger partial charge in [0.1, 0.15) is 5.75 Å². The van der Waals surface area contributed by atoms with E-state index in [0.29, 0.717) is 31.6 Å². The third kappa shape index (κ3) is 8.99. The quantitative estimate of drug-likeness (QED) is 0.398. The number of unbranched alkanes of at least 4 members (excludes halogenated alkanes) is 3. The Bertz CT molecular complexity index is 734. The minimum absolute atomic E-state index is 0.0517. The molecular weight excluding hydrogens is 384 g/mol. The molecule has 0 amide bonds. The normalized spacial score (nSPS) is 10.5. The Morgan fingerprint density at radius 3 is 1.80 bits per heavy atom. The van der Waals surface area contributed by atoms with Crippen molar-refractivity contribution in [1.82, 2.24) is 0 Å². The Morgan fingerprint density at radius 2 is 1.23 bits per heavy atom. The second-order valence-electron chi connectivity index (χ2n) is 7.09. The molecule has 0 saturated carbocycles. The standard InChI is InChI=1S/C24H30O6/c25-21-11-5-3-9-19(21)13-15-23(27)29-17-7-1-2-8-18-30-24(28)16-14-20-10-4-6-12-22(20)26/h3-6,9-12,25-26H,1-2,7-8,13-18H2/p-1. The number of ether oxygens (including phenoxy) is 2. The van der Waals surface area contributed by atoms with Crippen LogP contribution in [0.2, 0.25) is 0 Å². The SMILES string of the molecule is O=C(CCc1ccccc1[O-])OCCCCCCOC(=O)CCc1ccccc1O. The molecule has 6 nitrogen and oxygen atoms in total. The summed E-state index contributed by atoms with van der Waals surface area (Å²) in [6.45, 7) is 0.728. The number of esters is 2. The van der Waals surface area contributed by atoms with Crippen molar-refractivity contribution >= 4 is 11.9 Å². The van der Waals surface area contributed by atoms with E-state index in [1.165, 1.54) is 6.07 Å². The number of hydrogen-bond donors (Lipinski definition) is 1. The maximum absolute atomic E-state index is 11.7. The molecule has 0 saturated heterocycles. The lowest BCUT2D eigenvalue weighted by Crippen LogP contribution is -2.08. The lowest BCUT2D eigenvalue weighted by atomic mass is 10.1. The molecule has 0 unspecified atom stereocenters. The molecule has 0 atom stereocenters. The highest BCUT2D eigenvalue weighted by Gasteiger charge is 2.07. The van der Waals surface area contributed by atoms with Gasteiger partial charge < -0.3 is 19.7 Å². The Morgan fingerprint density at radius 1 is 0.733 bits per heavy atom. The predicted octanol–water partition coefficient (Wildman–Crippen LogP) is 3.68. The third-order valence-corrected chi connectivity index (χ3v) is 4.73. The second kappa shape index (κ2) is 13.2. The molecule has 0 spiro atoms. The predicted molar refractivity (Wildman–Crippen MR) is 111 cm³/mol. The first-order chi connectivity index (χ1) is 14.6. The fourth-order valence-corrected chi connectivity index (χ4v) is 2.98. The van der Waals surface area contributed by atoms with Gasteiger partial charge in [-0.1, -0.05) is 48.0 Å². The molecule has 2 aromatic rings. The van der Waals surface area contributed by atoms with Gasteiger partial charge in [-0.3, -0.25) is 9.59 Å². The Hall–Kier alpha value is -3.02. The Labute approximate surface area is 177 Å². The number of para-hydroxylation sites is 2. The van der Waals surface area contributed by atoms with E-state index in [0.717, 1.165) is 31.2 Å². The maximum atomic E-state index is 11.7. The smallest absolute Gasteiger partial charge is 0.306 e. The second-order valence-corrected chi connectivity index (χ2v) is 7.09. The first kappa shape index (κ1) is 23.3. The molecule has 0 aliphatic heterocycles. The number of carbonyl (C=O) groups is 2. The Kier molecular flexibility index (Phi) is 10.3. The molecule has 1 N–H and O–H groups in total. The molecule has 2 aromatic carbocycles. The summed E-state index contributed by atoms with van der Waals surface area (Å²) >= 11 is 0. The largest absolute Gasteiger partial charge is 0.872 e. The zero-order valence-corrected chi connectivity index (χ0v) is 17.2. The summed E-state index contributed by atoms with van der Waals surface area (Å²) < 4.78 is 10.4. The van der Waals surface area contributed by atoms with Crippen LogP contribution in [0.25, 0.3) is 0 Å². The number of aromatic hydroxyl groups is 1. The summed E-state index contributed by atoms with van der Waals surface area (Å²) in [5.74, 6) is -0.422. The average Bonchev–Trinajstić information content (AvgIpc) is 2.74. The van der Waals surface area contributed by atoms with E-state index in [1.807, 2.05) is 6.07 Å². The van der Waals surface area contributed by atoms with Gasteiger partial charge in [0.05, 0.1) is 13.2 Å². The fraction of sp³-hybridized carbons (Fsp3) is 0.417. The van der Waals surface area contributed by atoms with Gasteiger partial charge in [0.25, 0.3) is 0 Å². The minimum atomic E-state index is -0.295. The summed E-state index contributed by atoms with van der Waals surface area (Å²) in [5.41, 5.74) is 1.37. The lowest BCUT2D eigenvalue weighted by Gasteiger charge is -2.12. The van der Waals surface area contributed by atoms with Crippen LogP contribution in [0.1, 0.15) is 49.7 Å². The highest BCUT2D eigenvalue weighted by molar-refractivity contribution is 5.70. The van der Waals surface area contributed by atoms with Crippen LogP contribution in [-0.2, 0) is 31.9 Å². The third-order valence-electron chi connectivity index (χ3n) is 4.73. The molecule has 162 valence electrons. The molecule has 6 heteroatoms. The maximum Gasteiger partial charge on any atom is 0.306 e. The molecule has 0 fully saturated rings. The van der Waals surface area contributed by atoms with E-state index < -0.39 is 0 Å². The molecule has 0 radical (unpaired) electrons. The fourth-order valence-electron chi connectivity index (χ4n) is 2.98. The van der Waals surface area contributed by atoms with E-state index in [4.69, 9.17) is 9.47 Å². The van der Waals surface area contributed by atoms with E-state index in [1.54, 1.807) is 36.4 Å². The number of rotatable bonds is 13. The zero-order chi connectivity index (χ0) is 21.6. The summed E-state index contributed by atoms with van der Waals surface area (Å²) in [6, 6.07) is 13.6. The first-order valence-electron chi connectivity index (χ1n) is 10.4. The summed E-state index contributed by atoms with van der Waals surface area (Å²) in [6.07, 6.45) is 4.58. The van der Waals surface area contributed by atoms with Crippen LogP contribution in [0.15, 0.2) is 48.5 Å². The van der Waals surface area contributed by atoms with E-state index in [9.17, 15) is 19.8 Å². The molecule has 0 bridgehead atoms. The molecule has 0 aliphatic rings. The van der Waals surface area contributed by atoms with Crippen LogP contribution in [-0.4, -0.2) is 30.3 Å². The van der Waals surface area contributed by atoms with Crippen molar-refractivity contribution in [2.24, 2.45) is 0 Å². The molecule has 30 heavy (non-hydrogen) atoms. The van der Waals surface area contributed by atoms with Crippen molar-refractivity contribution in [3.8, 4) is 11.5 Å². The summed E-state index contributed by atoms with van der Waals surface area (Å²) in [7, 11) is 0. The first-order valence-corrected chi connectivity index (χ1v) is 10.4. The van der Waals surface area contributed by atoms with E-state index >= 15 is 0 Å². The molecule has 0 heterocycles. The van der Waals surface area contributed by atoms with Crippen LogP contribution < -0.4 is 5.11 Å². The monoisotopic (exact) mass is 413 g/mol. The van der Waals surface area contributed by atoms with Gasteiger partial charge in [-0.15, -0.1) is 5.75 Å². The van der Waals surface area contributed by atoms with Gasteiger partial charge in [-0.25, -0.2) is 0 Å². The van der Waals surface area contributed by atoms with Gasteiger partial charge in [-0.2, -0.15) is 0 Å². The minimum Gasteiger partial charge on any atom is -0.872 e. The number of hydrogen-bond acceptors (Lipinski definition) is 6. The zero-order valence-electron chi connectivity index (χ0n) is 17.2. The van der Waals surface area contributed by atoms with Crippen molar-refractivity contribution in [3.05, 3.63) is 59.7 Å². The van der Waals surface area contributed by atoms with Crippen molar-refractivity contribution in [2.45, 2.75) is 51.4 Å². The van der Waals surface area contributed by atoms with Gasteiger partial charge in [0, 0.05) is 12.8 Å². The molecular formula is C24H29O6-. The van der Waals surface area contributed by atoms with E-state index in [2.05, 4.69) is 0 Å².